The van der Waals surface area contributed by atoms with Crippen LogP contribution < -0.4 is 0 Å². The van der Waals surface area contributed by atoms with Gasteiger partial charge in [0.25, 0.3) is 0 Å². The molecule has 170 valence electrons. The van der Waals surface area contributed by atoms with Gasteiger partial charge >= 0.3 is 0 Å². The van der Waals surface area contributed by atoms with Crippen molar-refractivity contribution in [3.05, 3.63) is 114 Å². The standard InChI is InChI=1S/C28H15F4N2P/c29-25-23-21-14-16-8-4-6-12-19(16)33(21)35(18-10-2-1-3-11-18)34-20-13-7-5-9-17(20)15-22(34)24(23)26(30)28(32)27(25)31/h1-15H. The maximum absolute atomic E-state index is 15.6. The highest BCUT2D eigenvalue weighted by molar-refractivity contribution is 7.51. The van der Waals surface area contributed by atoms with E-state index >= 15 is 8.78 Å². The summed E-state index contributed by atoms with van der Waals surface area (Å²) in [7, 11) is -1.49. The molecule has 0 fully saturated rings. The fraction of sp³-hybridized carbons (Fsp3) is 0. The summed E-state index contributed by atoms with van der Waals surface area (Å²) in [6.07, 6.45) is 0. The molecule has 0 aliphatic heterocycles. The van der Waals surface area contributed by atoms with Crippen molar-refractivity contribution < 1.29 is 17.6 Å². The molecular weight excluding hydrogens is 471 g/mol. The molecule has 0 amide bonds. The highest BCUT2D eigenvalue weighted by Crippen LogP contribution is 2.47. The van der Waals surface area contributed by atoms with Gasteiger partial charge in [0.15, 0.2) is 23.3 Å². The summed E-state index contributed by atoms with van der Waals surface area (Å²) in [6, 6.07) is 28.1. The lowest BCUT2D eigenvalue weighted by atomic mass is 10.1. The van der Waals surface area contributed by atoms with Crippen molar-refractivity contribution in [3.8, 4) is 5.30 Å². The lowest BCUT2D eigenvalue weighted by molar-refractivity contribution is 0.418. The third-order valence-corrected chi connectivity index (χ3v) is 8.90. The van der Waals surface area contributed by atoms with Gasteiger partial charge in [-0.3, -0.25) is 8.33 Å². The van der Waals surface area contributed by atoms with Crippen LogP contribution >= 0.6 is 7.85 Å². The Balaban J connectivity index is 1.98. The van der Waals surface area contributed by atoms with Gasteiger partial charge < -0.3 is 0 Å². The molecule has 4 aromatic carbocycles. The van der Waals surface area contributed by atoms with Crippen molar-refractivity contribution >= 4 is 51.5 Å². The Morgan fingerprint density at radius 3 is 1.37 bits per heavy atom. The molecule has 0 bridgehead atoms. The molecule has 7 aromatic rings. The molecule has 7 rings (SSSR count). The largest absolute Gasteiger partial charge is 0.282 e. The Bertz CT molecular complexity index is 1870. The van der Waals surface area contributed by atoms with Crippen molar-refractivity contribution in [3.63, 3.8) is 0 Å². The Hall–Kier alpha value is -4.02. The first kappa shape index (κ1) is 20.4. The number of aromatic nitrogens is 2. The van der Waals surface area contributed by atoms with Crippen LogP contribution in [0, 0.1) is 23.3 Å². The van der Waals surface area contributed by atoms with Crippen LogP contribution in [-0.4, -0.2) is 8.33 Å². The smallest absolute Gasteiger partial charge is 0.198 e. The second kappa shape index (κ2) is 7.24. The molecule has 2 nitrogen and oxygen atoms in total. The predicted octanol–water partition coefficient (Wildman–Crippen LogP) is 8.75. The third-order valence-electron chi connectivity index (χ3n) is 6.52. The van der Waals surface area contributed by atoms with Crippen molar-refractivity contribution in [1.82, 2.24) is 8.33 Å². The average Bonchev–Trinajstić information content (AvgIpc) is 3.42. The summed E-state index contributed by atoms with van der Waals surface area (Å²) in [4.78, 5) is 0. The molecule has 0 N–H and O–H groups in total. The monoisotopic (exact) mass is 486 g/mol. The van der Waals surface area contributed by atoms with Gasteiger partial charge in [-0.1, -0.05) is 54.6 Å². The van der Waals surface area contributed by atoms with Crippen molar-refractivity contribution in [2.45, 2.75) is 0 Å². The number of hydrogen-bond acceptors (Lipinski definition) is 0. The summed E-state index contributed by atoms with van der Waals surface area (Å²) in [6.45, 7) is 0. The minimum absolute atomic E-state index is 0.275. The zero-order valence-corrected chi connectivity index (χ0v) is 18.9. The van der Waals surface area contributed by atoms with E-state index < -0.39 is 31.1 Å². The quantitative estimate of drug-likeness (QED) is 0.125. The van der Waals surface area contributed by atoms with Gasteiger partial charge in [0.05, 0.1) is 40.7 Å². The SMILES string of the molecule is Fc1c(F)c(F)c2c(c1F)c1cc3ccccc3n1p(-c1ccccc1)n1c3ccccc3cc21. The van der Waals surface area contributed by atoms with Crippen molar-refractivity contribution in [2.24, 2.45) is 0 Å². The van der Waals surface area contributed by atoms with Gasteiger partial charge in [0.2, 0.25) is 0 Å². The maximum atomic E-state index is 15.6. The van der Waals surface area contributed by atoms with Crippen molar-refractivity contribution in [1.29, 1.82) is 0 Å². The lowest BCUT2D eigenvalue weighted by Gasteiger charge is -2.10. The summed E-state index contributed by atoms with van der Waals surface area (Å²) < 4.78 is 64.4. The van der Waals surface area contributed by atoms with Crippen LogP contribution in [0.25, 0.3) is 48.9 Å². The highest BCUT2D eigenvalue weighted by atomic mass is 31.1. The molecule has 0 aliphatic rings. The zero-order valence-electron chi connectivity index (χ0n) is 18.0. The molecule has 3 heterocycles. The Labute approximate surface area is 197 Å². The highest BCUT2D eigenvalue weighted by Gasteiger charge is 2.26. The van der Waals surface area contributed by atoms with E-state index in [1.165, 1.54) is 0 Å². The van der Waals surface area contributed by atoms with E-state index in [-0.39, 0.29) is 10.8 Å². The van der Waals surface area contributed by atoms with Gasteiger partial charge in [0, 0.05) is 16.1 Å². The normalized spacial score (nSPS) is 12.0. The first-order chi connectivity index (χ1) is 17.1. The average molecular weight is 486 g/mol. The number of rotatable bonds is 1. The molecule has 0 spiro atoms. The first-order valence-corrected chi connectivity index (χ1v) is 12.2. The fourth-order valence-electron chi connectivity index (χ4n) is 5.04. The number of benzene rings is 4. The fourth-order valence-corrected chi connectivity index (χ4v) is 7.62. The van der Waals surface area contributed by atoms with E-state index in [9.17, 15) is 8.78 Å². The summed E-state index contributed by atoms with van der Waals surface area (Å²) in [5.41, 5.74) is 2.19. The maximum Gasteiger partial charge on any atom is 0.198 e. The zero-order chi connectivity index (χ0) is 23.8. The van der Waals surface area contributed by atoms with E-state index in [1.54, 1.807) is 12.1 Å². The van der Waals surface area contributed by atoms with Crippen LogP contribution in [0.4, 0.5) is 17.6 Å². The molecular formula is C28H15F4N2P. The molecule has 0 saturated heterocycles. The predicted molar refractivity (Wildman–Crippen MR) is 134 cm³/mol. The van der Waals surface area contributed by atoms with E-state index in [2.05, 4.69) is 0 Å². The molecule has 7 heteroatoms. The van der Waals surface area contributed by atoms with Crippen LogP contribution in [-0.2, 0) is 0 Å². The van der Waals surface area contributed by atoms with Crippen LogP contribution in [0.5, 0.6) is 0 Å². The minimum Gasteiger partial charge on any atom is -0.282 e. The molecule has 3 aromatic heterocycles. The molecule has 0 radical (unpaired) electrons. The second-order valence-corrected chi connectivity index (χ2v) is 10.3. The lowest BCUT2D eigenvalue weighted by Crippen LogP contribution is -1.98. The Morgan fingerprint density at radius 1 is 0.457 bits per heavy atom. The summed E-state index contributed by atoms with van der Waals surface area (Å²) in [5, 5.41) is 1.95. The van der Waals surface area contributed by atoms with Gasteiger partial charge in [-0.2, -0.15) is 0 Å². The molecule has 0 saturated carbocycles. The number of halogens is 4. The number of hydrogen-bond donors (Lipinski definition) is 0. The van der Waals surface area contributed by atoms with E-state index in [0.717, 1.165) is 27.1 Å². The van der Waals surface area contributed by atoms with Gasteiger partial charge in [-0.05, 0) is 36.4 Å². The van der Waals surface area contributed by atoms with Crippen LogP contribution in [0.3, 0.4) is 0 Å². The van der Waals surface area contributed by atoms with Crippen LogP contribution in [0.15, 0.2) is 91.0 Å². The molecule has 35 heavy (non-hydrogen) atoms. The number of fused-ring (bicyclic) bond motifs is 9. The topological polar surface area (TPSA) is 8.82 Å². The van der Waals surface area contributed by atoms with Crippen LogP contribution in [0.2, 0.25) is 0 Å². The van der Waals surface area contributed by atoms with E-state index in [0.29, 0.717) is 11.0 Å². The first-order valence-electron chi connectivity index (χ1n) is 11.0. The number of nitrogens with zero attached hydrogens (tertiary/aromatic N) is 2. The van der Waals surface area contributed by atoms with E-state index in [1.807, 2.05) is 87.2 Å². The van der Waals surface area contributed by atoms with Crippen LogP contribution in [0.1, 0.15) is 0 Å². The Morgan fingerprint density at radius 2 is 0.886 bits per heavy atom. The Kier molecular flexibility index (Phi) is 4.21. The summed E-state index contributed by atoms with van der Waals surface area (Å²) in [5.74, 6) is -6.42. The second-order valence-electron chi connectivity index (χ2n) is 8.43. The molecule has 0 aliphatic carbocycles. The van der Waals surface area contributed by atoms with Gasteiger partial charge in [-0.25, -0.2) is 17.6 Å². The van der Waals surface area contributed by atoms with Gasteiger partial charge in [-0.15, -0.1) is 0 Å². The van der Waals surface area contributed by atoms with Crippen molar-refractivity contribution in [2.75, 3.05) is 0 Å². The van der Waals surface area contributed by atoms with Gasteiger partial charge in [0.1, 0.15) is 0 Å². The molecule has 0 atom stereocenters. The minimum atomic E-state index is -1.81. The number of para-hydroxylation sites is 2. The summed E-state index contributed by atoms with van der Waals surface area (Å²) >= 11 is 0. The molecule has 0 unspecified atom stereocenters. The third kappa shape index (κ3) is 2.66. The van der Waals surface area contributed by atoms with E-state index in [4.69, 9.17) is 0 Å².